The van der Waals surface area contributed by atoms with Crippen LogP contribution in [-0.4, -0.2) is 25.7 Å². The number of carbonyl (C=O) groups is 1. The van der Waals surface area contributed by atoms with Crippen molar-refractivity contribution in [1.82, 2.24) is 0 Å². The van der Waals surface area contributed by atoms with E-state index in [9.17, 15) is 4.79 Å². The van der Waals surface area contributed by atoms with Gasteiger partial charge in [-0.1, -0.05) is 11.6 Å². The molecule has 0 fully saturated rings. The predicted molar refractivity (Wildman–Crippen MR) is 67.7 cm³/mol. The highest BCUT2D eigenvalue weighted by molar-refractivity contribution is 6.33. The first-order chi connectivity index (χ1) is 8.02. The highest BCUT2D eigenvalue weighted by atomic mass is 35.5. The first-order valence-corrected chi connectivity index (χ1v) is 5.65. The van der Waals surface area contributed by atoms with Gasteiger partial charge in [0, 0.05) is 6.07 Å². The van der Waals surface area contributed by atoms with Gasteiger partial charge in [0.15, 0.2) is 0 Å². The summed E-state index contributed by atoms with van der Waals surface area (Å²) in [5.41, 5.74) is 0.517. The number of methoxy groups -OCH3 is 1. The van der Waals surface area contributed by atoms with Gasteiger partial charge in [-0.05, 0) is 26.0 Å². The molecule has 0 spiro atoms. The third-order valence-electron chi connectivity index (χ3n) is 2.00. The van der Waals surface area contributed by atoms with Crippen LogP contribution in [0.15, 0.2) is 18.2 Å². The molecule has 0 saturated carbocycles. The summed E-state index contributed by atoms with van der Waals surface area (Å²) in [6.07, 6.45) is 0.0153. The van der Waals surface area contributed by atoms with Crippen molar-refractivity contribution in [3.63, 3.8) is 0 Å². The number of benzene rings is 1. The maximum atomic E-state index is 11.5. The third-order valence-corrected chi connectivity index (χ3v) is 2.32. The van der Waals surface area contributed by atoms with Gasteiger partial charge >= 0.3 is 0 Å². The van der Waals surface area contributed by atoms with Gasteiger partial charge in [0.05, 0.1) is 23.9 Å². The fraction of sp³-hybridized carbons (Fsp3) is 0.417. The van der Waals surface area contributed by atoms with Crippen molar-refractivity contribution in [3.05, 3.63) is 23.2 Å². The number of hydrogen-bond acceptors (Lipinski definition) is 3. The Morgan fingerprint density at radius 3 is 2.76 bits per heavy atom. The van der Waals surface area contributed by atoms with Crippen LogP contribution in [0.2, 0.25) is 5.02 Å². The molecule has 0 saturated heterocycles. The second kappa shape index (κ2) is 6.47. The van der Waals surface area contributed by atoms with Gasteiger partial charge < -0.3 is 14.8 Å². The van der Waals surface area contributed by atoms with E-state index in [4.69, 9.17) is 21.1 Å². The first-order valence-electron chi connectivity index (χ1n) is 5.28. The molecule has 0 aromatic heterocycles. The second-order valence-electron chi connectivity index (χ2n) is 3.75. The minimum Gasteiger partial charge on any atom is -0.497 e. The Balaban J connectivity index is 2.64. The Bertz CT molecular complexity index is 393. The van der Waals surface area contributed by atoms with Gasteiger partial charge in [0.25, 0.3) is 0 Å². The lowest BCUT2D eigenvalue weighted by molar-refractivity contribution is -0.121. The van der Waals surface area contributed by atoms with E-state index < -0.39 is 0 Å². The van der Waals surface area contributed by atoms with Crippen molar-refractivity contribution in [3.8, 4) is 5.75 Å². The zero-order valence-electron chi connectivity index (χ0n) is 10.1. The van der Waals surface area contributed by atoms with Gasteiger partial charge in [-0.2, -0.15) is 0 Å². The fourth-order valence-electron chi connectivity index (χ4n) is 1.16. The molecule has 0 radical (unpaired) electrons. The van der Waals surface area contributed by atoms with E-state index in [1.807, 2.05) is 13.8 Å². The molecule has 0 heterocycles. The lowest BCUT2D eigenvalue weighted by Crippen LogP contribution is -2.20. The van der Waals surface area contributed by atoms with Crippen molar-refractivity contribution < 1.29 is 14.3 Å². The molecular weight excluding hydrogens is 242 g/mol. The summed E-state index contributed by atoms with van der Waals surface area (Å²) in [7, 11) is 1.55. The first kappa shape index (κ1) is 13.8. The van der Waals surface area contributed by atoms with Crippen LogP contribution in [0, 0.1) is 0 Å². The molecule has 1 amide bonds. The van der Waals surface area contributed by atoms with E-state index in [0.29, 0.717) is 16.5 Å². The number of hydrogen-bond donors (Lipinski definition) is 1. The van der Waals surface area contributed by atoms with Crippen LogP contribution in [0.3, 0.4) is 0 Å². The molecule has 1 aromatic rings. The molecule has 1 rings (SSSR count). The molecular formula is C12H16ClNO3. The van der Waals surface area contributed by atoms with Gasteiger partial charge in [0.2, 0.25) is 5.91 Å². The summed E-state index contributed by atoms with van der Waals surface area (Å²) < 4.78 is 10.2. The molecule has 0 aliphatic carbocycles. The number of nitrogens with one attached hydrogen (secondary N) is 1. The van der Waals surface area contributed by atoms with Crippen LogP contribution < -0.4 is 10.1 Å². The average Bonchev–Trinajstić information content (AvgIpc) is 2.29. The third kappa shape index (κ3) is 4.63. The highest BCUT2D eigenvalue weighted by Crippen LogP contribution is 2.26. The molecule has 1 N–H and O–H groups in total. The minimum absolute atomic E-state index is 0.00516. The molecule has 0 atom stereocenters. The minimum atomic E-state index is -0.242. The molecule has 94 valence electrons. The predicted octanol–water partition coefficient (Wildman–Crippen LogP) is 2.71. The number of anilines is 1. The lowest BCUT2D eigenvalue weighted by atomic mass is 10.3. The summed E-state index contributed by atoms with van der Waals surface area (Å²) >= 11 is 5.95. The SMILES string of the molecule is COc1ccc(Cl)c(NC(=O)COC(C)C)c1. The van der Waals surface area contributed by atoms with Crippen LogP contribution in [0.25, 0.3) is 0 Å². The Hall–Kier alpha value is -1.26. The number of amides is 1. The van der Waals surface area contributed by atoms with Crippen molar-refractivity contribution in [1.29, 1.82) is 0 Å². The van der Waals surface area contributed by atoms with Crippen molar-refractivity contribution in [2.24, 2.45) is 0 Å². The zero-order valence-corrected chi connectivity index (χ0v) is 10.9. The van der Waals surface area contributed by atoms with Crippen molar-refractivity contribution >= 4 is 23.2 Å². The summed E-state index contributed by atoms with van der Waals surface area (Å²) in [5.74, 6) is 0.392. The Labute approximate surface area is 106 Å². The smallest absolute Gasteiger partial charge is 0.250 e. The van der Waals surface area contributed by atoms with E-state index in [1.165, 1.54) is 0 Å². The van der Waals surface area contributed by atoms with Gasteiger partial charge in [0.1, 0.15) is 12.4 Å². The zero-order chi connectivity index (χ0) is 12.8. The fourth-order valence-corrected chi connectivity index (χ4v) is 1.32. The summed E-state index contributed by atoms with van der Waals surface area (Å²) in [5, 5.41) is 3.13. The van der Waals surface area contributed by atoms with Crippen LogP contribution in [0.5, 0.6) is 5.75 Å². The largest absolute Gasteiger partial charge is 0.497 e. The summed E-state index contributed by atoms with van der Waals surface area (Å²) in [6, 6.07) is 5.05. The van der Waals surface area contributed by atoms with Gasteiger partial charge in [-0.25, -0.2) is 0 Å². The van der Waals surface area contributed by atoms with Gasteiger partial charge in [-0.3, -0.25) is 4.79 Å². The molecule has 0 aliphatic heterocycles. The second-order valence-corrected chi connectivity index (χ2v) is 4.16. The number of carbonyl (C=O) groups excluding carboxylic acids is 1. The van der Waals surface area contributed by atoms with Crippen LogP contribution >= 0.6 is 11.6 Å². The number of rotatable bonds is 5. The van der Waals surface area contributed by atoms with Crippen LogP contribution in [0.4, 0.5) is 5.69 Å². The Morgan fingerprint density at radius 2 is 2.18 bits per heavy atom. The Kier molecular flexibility index (Phi) is 5.25. The number of ether oxygens (including phenoxy) is 2. The quantitative estimate of drug-likeness (QED) is 0.882. The molecule has 1 aromatic carbocycles. The molecule has 5 heteroatoms. The van der Waals surface area contributed by atoms with E-state index in [0.717, 1.165) is 0 Å². The highest BCUT2D eigenvalue weighted by Gasteiger charge is 2.08. The standard InChI is InChI=1S/C12H16ClNO3/c1-8(2)17-7-12(15)14-11-6-9(16-3)4-5-10(11)13/h4-6,8H,7H2,1-3H3,(H,14,15). The maximum absolute atomic E-state index is 11.5. The Morgan fingerprint density at radius 1 is 1.47 bits per heavy atom. The topological polar surface area (TPSA) is 47.6 Å². The summed E-state index contributed by atoms with van der Waals surface area (Å²) in [6.45, 7) is 3.74. The van der Waals surface area contributed by atoms with Gasteiger partial charge in [-0.15, -0.1) is 0 Å². The van der Waals surface area contributed by atoms with Crippen molar-refractivity contribution in [2.75, 3.05) is 19.0 Å². The normalized spacial score (nSPS) is 10.4. The molecule has 4 nitrogen and oxygen atoms in total. The molecule has 0 unspecified atom stereocenters. The molecule has 0 bridgehead atoms. The van der Waals surface area contributed by atoms with E-state index >= 15 is 0 Å². The molecule has 0 aliphatic rings. The van der Waals surface area contributed by atoms with Crippen LogP contribution in [0.1, 0.15) is 13.8 Å². The van der Waals surface area contributed by atoms with Crippen LogP contribution in [-0.2, 0) is 9.53 Å². The average molecular weight is 258 g/mol. The summed E-state index contributed by atoms with van der Waals surface area (Å²) in [4.78, 5) is 11.5. The van der Waals surface area contributed by atoms with E-state index in [2.05, 4.69) is 5.32 Å². The monoisotopic (exact) mass is 257 g/mol. The van der Waals surface area contributed by atoms with E-state index in [-0.39, 0.29) is 18.6 Å². The maximum Gasteiger partial charge on any atom is 0.250 e. The number of halogens is 1. The van der Waals surface area contributed by atoms with Crippen molar-refractivity contribution in [2.45, 2.75) is 20.0 Å². The lowest BCUT2D eigenvalue weighted by Gasteiger charge is -2.10. The van der Waals surface area contributed by atoms with E-state index in [1.54, 1.807) is 25.3 Å². The molecule has 17 heavy (non-hydrogen) atoms.